The normalized spacial score (nSPS) is 14.4. The van der Waals surface area contributed by atoms with Crippen molar-refractivity contribution >= 4 is 57.8 Å². The lowest BCUT2D eigenvalue weighted by molar-refractivity contribution is -0.116. The van der Waals surface area contributed by atoms with Gasteiger partial charge in [0.1, 0.15) is 5.69 Å². The smallest absolute Gasteiger partial charge is 0.253 e. The largest absolute Gasteiger partial charge is 0.399 e. The molecule has 0 saturated heterocycles. The number of carbonyl (C=O) groups excluding carboxylic acids is 1. The quantitative estimate of drug-likeness (QED) is 0.814. The van der Waals surface area contributed by atoms with E-state index in [1.54, 1.807) is 12.1 Å². The summed E-state index contributed by atoms with van der Waals surface area (Å²) in [7, 11) is 0. The second kappa shape index (κ2) is 5.80. The molecule has 7 heteroatoms. The molecule has 1 heterocycles. The van der Waals surface area contributed by atoms with Gasteiger partial charge in [0.25, 0.3) is 5.91 Å². The van der Waals surface area contributed by atoms with Crippen LogP contribution in [-0.4, -0.2) is 11.6 Å². The van der Waals surface area contributed by atoms with Crippen molar-refractivity contribution < 1.29 is 4.79 Å². The number of carbonyl (C=O) groups is 1. The Labute approximate surface area is 142 Å². The number of halogens is 3. The van der Waals surface area contributed by atoms with Gasteiger partial charge in [0.05, 0.1) is 22.2 Å². The standard InChI is InChI=1S/C15H10Cl3N3O/c16-9-5-11(17)15(12(18)6-9)21-14(22)7-13(20-21)8-1-3-10(19)4-2-8/h1-6H,7,19H2. The Morgan fingerprint density at radius 3 is 2.23 bits per heavy atom. The molecule has 2 N–H and O–H groups in total. The van der Waals surface area contributed by atoms with Gasteiger partial charge in [-0.15, -0.1) is 0 Å². The molecule has 3 rings (SSSR count). The molecule has 0 saturated carbocycles. The van der Waals surface area contributed by atoms with Gasteiger partial charge in [-0.2, -0.15) is 10.1 Å². The Hall–Kier alpha value is -1.75. The minimum Gasteiger partial charge on any atom is -0.399 e. The maximum absolute atomic E-state index is 12.3. The number of nitrogen functional groups attached to an aromatic ring is 1. The van der Waals surface area contributed by atoms with E-state index in [0.717, 1.165) is 5.56 Å². The van der Waals surface area contributed by atoms with Crippen LogP contribution in [0.15, 0.2) is 41.5 Å². The van der Waals surface area contributed by atoms with Crippen molar-refractivity contribution in [1.29, 1.82) is 0 Å². The van der Waals surface area contributed by atoms with Crippen LogP contribution in [0.3, 0.4) is 0 Å². The number of hydrogen-bond donors (Lipinski definition) is 1. The average Bonchev–Trinajstić information content (AvgIpc) is 2.80. The van der Waals surface area contributed by atoms with Gasteiger partial charge >= 0.3 is 0 Å². The first kappa shape index (κ1) is 15.2. The molecule has 2 aromatic carbocycles. The van der Waals surface area contributed by atoms with Crippen molar-refractivity contribution in [3.8, 4) is 0 Å². The predicted molar refractivity (Wildman–Crippen MR) is 91.0 cm³/mol. The number of nitrogens with zero attached hydrogens (tertiary/aromatic N) is 2. The van der Waals surface area contributed by atoms with Crippen molar-refractivity contribution in [3.05, 3.63) is 57.0 Å². The molecule has 22 heavy (non-hydrogen) atoms. The van der Waals surface area contributed by atoms with E-state index in [9.17, 15) is 4.79 Å². The minimum atomic E-state index is -0.210. The molecular weight excluding hydrogens is 345 g/mol. The number of nitrogens with two attached hydrogens (primary N) is 1. The number of anilines is 2. The lowest BCUT2D eigenvalue weighted by Gasteiger charge is -2.15. The minimum absolute atomic E-state index is 0.166. The third-order valence-electron chi connectivity index (χ3n) is 3.21. The fraction of sp³-hybridized carbons (Fsp3) is 0.0667. The summed E-state index contributed by atoms with van der Waals surface area (Å²) in [6.07, 6.45) is 0.166. The van der Waals surface area contributed by atoms with E-state index in [2.05, 4.69) is 5.10 Å². The molecule has 1 aliphatic rings. The Balaban J connectivity index is 2.02. The van der Waals surface area contributed by atoms with Crippen LogP contribution in [-0.2, 0) is 4.79 Å². The molecule has 0 radical (unpaired) electrons. The van der Waals surface area contributed by atoms with E-state index >= 15 is 0 Å². The summed E-state index contributed by atoms with van der Waals surface area (Å²) in [6.45, 7) is 0. The maximum Gasteiger partial charge on any atom is 0.253 e. The first-order valence-corrected chi connectivity index (χ1v) is 7.50. The van der Waals surface area contributed by atoms with E-state index in [-0.39, 0.29) is 22.4 Å². The van der Waals surface area contributed by atoms with E-state index in [1.165, 1.54) is 17.1 Å². The molecule has 1 aliphatic heterocycles. The highest BCUT2D eigenvalue weighted by atomic mass is 35.5. The summed E-state index contributed by atoms with van der Waals surface area (Å²) in [4.78, 5) is 12.3. The number of benzene rings is 2. The highest BCUT2D eigenvalue weighted by molar-refractivity contribution is 6.42. The van der Waals surface area contributed by atoms with Gasteiger partial charge in [-0.3, -0.25) is 4.79 Å². The van der Waals surface area contributed by atoms with Gasteiger partial charge in [-0.25, -0.2) is 0 Å². The van der Waals surface area contributed by atoms with E-state index in [0.29, 0.717) is 22.1 Å². The van der Waals surface area contributed by atoms with Crippen molar-refractivity contribution in [2.24, 2.45) is 5.10 Å². The Morgan fingerprint density at radius 2 is 1.64 bits per heavy atom. The molecule has 0 aromatic heterocycles. The lowest BCUT2D eigenvalue weighted by atomic mass is 10.1. The molecule has 4 nitrogen and oxygen atoms in total. The highest BCUT2D eigenvalue weighted by Gasteiger charge is 2.29. The van der Waals surface area contributed by atoms with Crippen molar-refractivity contribution in [1.82, 2.24) is 0 Å². The van der Waals surface area contributed by atoms with Crippen LogP contribution in [0.25, 0.3) is 0 Å². The van der Waals surface area contributed by atoms with Crippen molar-refractivity contribution in [2.45, 2.75) is 6.42 Å². The van der Waals surface area contributed by atoms with Gasteiger partial charge in [-0.05, 0) is 29.8 Å². The number of hydrogen-bond acceptors (Lipinski definition) is 3. The van der Waals surface area contributed by atoms with Gasteiger partial charge in [0, 0.05) is 10.7 Å². The van der Waals surface area contributed by atoms with Crippen LogP contribution in [0, 0.1) is 0 Å². The lowest BCUT2D eigenvalue weighted by Crippen LogP contribution is -2.20. The monoisotopic (exact) mass is 353 g/mol. The summed E-state index contributed by atoms with van der Waals surface area (Å²) in [5, 5.41) is 6.49. The summed E-state index contributed by atoms with van der Waals surface area (Å²) < 4.78 is 0. The Bertz CT molecular complexity index is 764. The fourth-order valence-electron chi connectivity index (χ4n) is 2.18. The van der Waals surface area contributed by atoms with E-state index < -0.39 is 0 Å². The Morgan fingerprint density at radius 1 is 1.05 bits per heavy atom. The molecule has 0 unspecified atom stereocenters. The zero-order valence-corrected chi connectivity index (χ0v) is 13.5. The molecule has 2 aromatic rings. The number of hydrazone groups is 1. The molecule has 0 aliphatic carbocycles. The van der Waals surface area contributed by atoms with Gasteiger partial charge in [0.15, 0.2) is 0 Å². The van der Waals surface area contributed by atoms with Crippen molar-refractivity contribution in [3.63, 3.8) is 0 Å². The molecule has 0 fully saturated rings. The molecule has 112 valence electrons. The molecular formula is C15H10Cl3N3O. The van der Waals surface area contributed by atoms with E-state index in [1.807, 2.05) is 12.1 Å². The second-order valence-electron chi connectivity index (χ2n) is 4.77. The topological polar surface area (TPSA) is 58.7 Å². The van der Waals surface area contributed by atoms with Gasteiger partial charge in [0.2, 0.25) is 0 Å². The Kier molecular flexibility index (Phi) is 4.00. The third-order valence-corrected chi connectivity index (χ3v) is 4.01. The highest BCUT2D eigenvalue weighted by Crippen LogP contribution is 2.38. The molecule has 0 spiro atoms. The first-order valence-electron chi connectivity index (χ1n) is 6.36. The number of amides is 1. The summed E-state index contributed by atoms with van der Waals surface area (Å²) in [5.41, 5.74) is 8.10. The van der Waals surface area contributed by atoms with Crippen LogP contribution >= 0.6 is 34.8 Å². The first-order chi connectivity index (χ1) is 10.5. The predicted octanol–water partition coefficient (Wildman–Crippen LogP) is 4.37. The second-order valence-corrected chi connectivity index (χ2v) is 6.02. The number of rotatable bonds is 2. The van der Waals surface area contributed by atoms with Gasteiger partial charge < -0.3 is 5.73 Å². The fourth-order valence-corrected chi connectivity index (χ4v) is 3.15. The van der Waals surface area contributed by atoms with Crippen LogP contribution < -0.4 is 10.7 Å². The zero-order valence-electron chi connectivity index (χ0n) is 11.2. The van der Waals surface area contributed by atoms with Crippen LogP contribution in [0.5, 0.6) is 0 Å². The van der Waals surface area contributed by atoms with Gasteiger partial charge in [-0.1, -0.05) is 46.9 Å². The van der Waals surface area contributed by atoms with Crippen molar-refractivity contribution in [2.75, 3.05) is 10.7 Å². The van der Waals surface area contributed by atoms with Crippen LogP contribution in [0.1, 0.15) is 12.0 Å². The van der Waals surface area contributed by atoms with Crippen LogP contribution in [0.2, 0.25) is 15.1 Å². The average molecular weight is 355 g/mol. The summed E-state index contributed by atoms with van der Waals surface area (Å²) in [5.74, 6) is -0.210. The zero-order chi connectivity index (χ0) is 15.9. The summed E-state index contributed by atoms with van der Waals surface area (Å²) >= 11 is 18.2. The molecule has 1 amide bonds. The third kappa shape index (κ3) is 2.77. The molecule has 0 bridgehead atoms. The summed E-state index contributed by atoms with van der Waals surface area (Å²) in [6, 6.07) is 10.2. The molecule has 0 atom stereocenters. The van der Waals surface area contributed by atoms with Crippen LogP contribution in [0.4, 0.5) is 11.4 Å². The maximum atomic E-state index is 12.3. The SMILES string of the molecule is Nc1ccc(C2=NN(c3c(Cl)cc(Cl)cc3Cl)C(=O)C2)cc1. The van der Waals surface area contributed by atoms with E-state index in [4.69, 9.17) is 40.5 Å².